The fourth-order valence-corrected chi connectivity index (χ4v) is 2.86. The van der Waals surface area contributed by atoms with Crippen LogP contribution in [0, 0.1) is 0 Å². The molecule has 144 valence electrons. The van der Waals surface area contributed by atoms with E-state index in [2.05, 4.69) is 22.0 Å². The minimum Gasteiger partial charge on any atom is -0.493 e. The Kier molecular flexibility index (Phi) is 6.06. The summed E-state index contributed by atoms with van der Waals surface area (Å²) in [6.45, 7) is 4.35. The maximum Gasteiger partial charge on any atom is 0.257 e. The first kappa shape index (κ1) is 19.2. The summed E-state index contributed by atoms with van der Waals surface area (Å²) in [6, 6.07) is 9.01. The van der Waals surface area contributed by atoms with Crippen LogP contribution in [0.4, 0.5) is 5.82 Å². The lowest BCUT2D eigenvalue weighted by molar-refractivity contribution is 0.102. The number of nitrogens with one attached hydrogen (secondary N) is 1. The number of amides is 1. The Balaban J connectivity index is 1.77. The van der Waals surface area contributed by atoms with Gasteiger partial charge in [0.2, 0.25) is 0 Å². The van der Waals surface area contributed by atoms with E-state index in [0.717, 1.165) is 11.1 Å². The van der Waals surface area contributed by atoms with Crippen molar-refractivity contribution in [3.05, 3.63) is 78.3 Å². The Hall–Kier alpha value is -3.61. The van der Waals surface area contributed by atoms with Crippen molar-refractivity contribution in [2.24, 2.45) is 0 Å². The normalized spacial score (nSPS) is 10.4. The van der Waals surface area contributed by atoms with Crippen LogP contribution in [0.1, 0.15) is 21.5 Å². The molecule has 2 aromatic heterocycles. The smallest absolute Gasteiger partial charge is 0.257 e. The Morgan fingerprint density at radius 2 is 2.00 bits per heavy atom. The summed E-state index contributed by atoms with van der Waals surface area (Å²) in [7, 11) is 3.11. The van der Waals surface area contributed by atoms with Gasteiger partial charge < -0.3 is 14.8 Å². The summed E-state index contributed by atoms with van der Waals surface area (Å²) in [5.74, 6) is 1.29. The average molecular weight is 378 g/mol. The third-order valence-corrected chi connectivity index (χ3v) is 4.16. The van der Waals surface area contributed by atoms with Crippen molar-refractivity contribution in [2.75, 3.05) is 19.5 Å². The van der Waals surface area contributed by atoms with E-state index in [-0.39, 0.29) is 5.91 Å². The number of hydrogen-bond acceptors (Lipinski definition) is 5. The molecule has 7 nitrogen and oxygen atoms in total. The molecule has 0 radical (unpaired) electrons. The van der Waals surface area contributed by atoms with E-state index in [9.17, 15) is 4.79 Å². The van der Waals surface area contributed by atoms with Crippen LogP contribution >= 0.6 is 0 Å². The number of carbonyl (C=O) groups excluding carboxylic acids is 1. The molecule has 3 rings (SSSR count). The molecule has 0 atom stereocenters. The summed E-state index contributed by atoms with van der Waals surface area (Å²) in [6.07, 6.45) is 7.59. The van der Waals surface area contributed by atoms with Crippen molar-refractivity contribution in [3.8, 4) is 11.5 Å². The second-order valence-corrected chi connectivity index (χ2v) is 6.07. The summed E-state index contributed by atoms with van der Waals surface area (Å²) in [5.41, 5.74) is 2.35. The molecule has 7 heteroatoms. The Labute approximate surface area is 163 Å². The molecule has 0 saturated carbocycles. The van der Waals surface area contributed by atoms with Gasteiger partial charge in [0.05, 0.1) is 20.8 Å². The molecule has 0 fully saturated rings. The number of rotatable bonds is 8. The van der Waals surface area contributed by atoms with E-state index in [1.807, 2.05) is 18.3 Å². The van der Waals surface area contributed by atoms with Gasteiger partial charge in [0.1, 0.15) is 0 Å². The number of allylic oxidation sites excluding steroid dienone is 1. The lowest BCUT2D eigenvalue weighted by Crippen LogP contribution is -2.14. The van der Waals surface area contributed by atoms with Crippen LogP contribution < -0.4 is 14.8 Å². The monoisotopic (exact) mass is 378 g/mol. The number of benzene rings is 1. The lowest BCUT2D eigenvalue weighted by Gasteiger charge is -2.14. The first-order valence-electron chi connectivity index (χ1n) is 8.74. The van der Waals surface area contributed by atoms with Gasteiger partial charge in [0, 0.05) is 35.8 Å². The van der Waals surface area contributed by atoms with Crippen molar-refractivity contribution in [2.45, 2.75) is 13.0 Å². The van der Waals surface area contributed by atoms with Gasteiger partial charge in [-0.15, -0.1) is 6.58 Å². The summed E-state index contributed by atoms with van der Waals surface area (Å²) >= 11 is 0. The van der Waals surface area contributed by atoms with Crippen LogP contribution in [-0.2, 0) is 13.0 Å². The number of methoxy groups -OCH3 is 2. The Morgan fingerprint density at radius 1 is 1.21 bits per heavy atom. The highest BCUT2D eigenvalue weighted by atomic mass is 16.5. The number of pyridine rings is 1. The number of nitrogens with zero attached hydrogens (tertiary/aromatic N) is 3. The molecular weight excluding hydrogens is 356 g/mol. The van der Waals surface area contributed by atoms with Gasteiger partial charge in [-0.3, -0.25) is 14.5 Å². The van der Waals surface area contributed by atoms with E-state index in [0.29, 0.717) is 35.8 Å². The van der Waals surface area contributed by atoms with Gasteiger partial charge in [-0.1, -0.05) is 6.08 Å². The molecule has 0 bridgehead atoms. The predicted octanol–water partition coefficient (Wildman–Crippen LogP) is 3.32. The van der Waals surface area contributed by atoms with E-state index in [1.165, 1.54) is 7.11 Å². The van der Waals surface area contributed by atoms with Crippen molar-refractivity contribution < 1.29 is 14.3 Å². The lowest BCUT2D eigenvalue weighted by atomic mass is 10.0. The molecule has 28 heavy (non-hydrogen) atoms. The van der Waals surface area contributed by atoms with Crippen LogP contribution in [0.15, 0.2) is 61.6 Å². The van der Waals surface area contributed by atoms with E-state index < -0.39 is 0 Å². The average Bonchev–Trinajstić information content (AvgIpc) is 3.15. The molecule has 0 unspecified atom stereocenters. The number of anilines is 1. The summed E-state index contributed by atoms with van der Waals surface area (Å²) in [5, 5.41) is 7.22. The maximum absolute atomic E-state index is 12.7. The first-order chi connectivity index (χ1) is 13.6. The molecule has 1 amide bonds. The molecule has 3 aromatic rings. The molecule has 0 aliphatic rings. The minimum atomic E-state index is -0.277. The minimum absolute atomic E-state index is 0.277. The van der Waals surface area contributed by atoms with Crippen LogP contribution in [0.2, 0.25) is 0 Å². The number of aromatic nitrogens is 3. The highest BCUT2D eigenvalue weighted by molar-refractivity contribution is 6.04. The van der Waals surface area contributed by atoms with Gasteiger partial charge in [-0.05, 0) is 36.2 Å². The molecular formula is C21H22N4O3. The van der Waals surface area contributed by atoms with Crippen LogP contribution in [0.3, 0.4) is 0 Å². The molecule has 0 aliphatic heterocycles. The SMILES string of the molecule is C=CCc1cc(C(=O)Nc2ccn(Cc3ccncc3)n2)cc(OC)c1OC. The quantitative estimate of drug-likeness (QED) is 0.609. The van der Waals surface area contributed by atoms with Crippen molar-refractivity contribution in [1.29, 1.82) is 0 Å². The van der Waals surface area contributed by atoms with Gasteiger partial charge in [-0.25, -0.2) is 0 Å². The number of hydrogen-bond donors (Lipinski definition) is 1. The second-order valence-electron chi connectivity index (χ2n) is 6.07. The van der Waals surface area contributed by atoms with Crippen molar-refractivity contribution in [1.82, 2.24) is 14.8 Å². The van der Waals surface area contributed by atoms with Crippen LogP contribution in [0.5, 0.6) is 11.5 Å². The van der Waals surface area contributed by atoms with E-state index in [4.69, 9.17) is 9.47 Å². The molecule has 0 spiro atoms. The third kappa shape index (κ3) is 4.37. The molecule has 2 heterocycles. The fourth-order valence-electron chi connectivity index (χ4n) is 2.86. The van der Waals surface area contributed by atoms with Gasteiger partial charge in [0.15, 0.2) is 17.3 Å². The van der Waals surface area contributed by atoms with Gasteiger partial charge in [0.25, 0.3) is 5.91 Å². The number of ether oxygens (including phenoxy) is 2. The highest BCUT2D eigenvalue weighted by Gasteiger charge is 2.16. The maximum atomic E-state index is 12.7. The van der Waals surface area contributed by atoms with Crippen molar-refractivity contribution >= 4 is 11.7 Å². The van der Waals surface area contributed by atoms with E-state index >= 15 is 0 Å². The number of carbonyl (C=O) groups is 1. The zero-order valence-corrected chi connectivity index (χ0v) is 15.9. The zero-order valence-electron chi connectivity index (χ0n) is 15.9. The molecule has 1 N–H and O–H groups in total. The predicted molar refractivity (Wildman–Crippen MR) is 107 cm³/mol. The van der Waals surface area contributed by atoms with Gasteiger partial charge in [-0.2, -0.15) is 5.10 Å². The van der Waals surface area contributed by atoms with E-state index in [1.54, 1.807) is 48.5 Å². The molecule has 0 saturated heterocycles. The standard InChI is InChI=1S/C21H22N4O3/c1-4-5-16-12-17(13-18(27-2)20(16)28-3)21(26)23-19-8-11-25(24-19)14-15-6-9-22-10-7-15/h4,6-13H,1,5,14H2,2-3H3,(H,23,24,26). The largest absolute Gasteiger partial charge is 0.493 e. The fraction of sp³-hybridized carbons (Fsp3) is 0.190. The van der Waals surface area contributed by atoms with Gasteiger partial charge >= 0.3 is 0 Å². The topological polar surface area (TPSA) is 78.3 Å². The second kappa shape index (κ2) is 8.85. The van der Waals surface area contributed by atoms with Crippen molar-refractivity contribution in [3.63, 3.8) is 0 Å². The molecule has 1 aromatic carbocycles. The zero-order chi connectivity index (χ0) is 19.9. The summed E-state index contributed by atoms with van der Waals surface area (Å²) in [4.78, 5) is 16.7. The Bertz CT molecular complexity index is 967. The highest BCUT2D eigenvalue weighted by Crippen LogP contribution is 2.33. The Morgan fingerprint density at radius 3 is 2.68 bits per heavy atom. The van der Waals surface area contributed by atoms with Crippen LogP contribution in [0.25, 0.3) is 0 Å². The van der Waals surface area contributed by atoms with Crippen LogP contribution in [-0.4, -0.2) is 34.9 Å². The summed E-state index contributed by atoms with van der Waals surface area (Å²) < 4.78 is 12.5. The first-order valence-corrected chi connectivity index (χ1v) is 8.74. The third-order valence-electron chi connectivity index (χ3n) is 4.16. The molecule has 0 aliphatic carbocycles.